The van der Waals surface area contributed by atoms with Crippen molar-refractivity contribution < 1.29 is 9.47 Å². The van der Waals surface area contributed by atoms with E-state index in [1.807, 2.05) is 91.0 Å². The second-order valence-electron chi connectivity index (χ2n) is 11.3. The molecule has 0 aliphatic carbocycles. The molecule has 3 aromatic heterocycles. The van der Waals surface area contributed by atoms with Gasteiger partial charge in [0.25, 0.3) is 0 Å². The Morgan fingerprint density at radius 3 is 1.58 bits per heavy atom. The first-order valence-electron chi connectivity index (χ1n) is 15.6. The number of ether oxygens (including phenoxy) is 2. The Morgan fingerprint density at radius 1 is 0.542 bits per heavy atom. The maximum Gasteiger partial charge on any atom is 0.328 e. The van der Waals surface area contributed by atoms with E-state index >= 15 is 0 Å². The molecule has 0 spiro atoms. The van der Waals surface area contributed by atoms with Crippen molar-refractivity contribution in [3.8, 4) is 17.5 Å². The molecule has 0 aliphatic heterocycles. The van der Waals surface area contributed by atoms with Crippen molar-refractivity contribution in [3.63, 3.8) is 0 Å². The summed E-state index contributed by atoms with van der Waals surface area (Å²) >= 11 is 0. The van der Waals surface area contributed by atoms with Crippen LogP contribution < -0.4 is 20.1 Å². The topological polar surface area (TPSA) is 113 Å². The molecule has 0 radical (unpaired) electrons. The summed E-state index contributed by atoms with van der Waals surface area (Å²) in [5.41, 5.74) is 6.97. The zero-order chi connectivity index (χ0) is 32.3. The summed E-state index contributed by atoms with van der Waals surface area (Å²) in [7, 11) is 1.63. The van der Waals surface area contributed by atoms with Gasteiger partial charge in [0, 0.05) is 33.8 Å². The highest BCUT2D eigenvalue weighted by molar-refractivity contribution is 5.83. The molecule has 3 heterocycles. The molecule has 8 aromatic rings. The molecule has 0 unspecified atom stereocenters. The van der Waals surface area contributed by atoms with Gasteiger partial charge in [-0.2, -0.15) is 15.0 Å². The van der Waals surface area contributed by atoms with Crippen LogP contribution in [-0.2, 0) is 0 Å². The Morgan fingerprint density at radius 2 is 1.06 bits per heavy atom. The zero-order valence-electron chi connectivity index (χ0n) is 26.0. The normalized spacial score (nSPS) is 11.2. The first kappa shape index (κ1) is 28.8. The SMILES string of the molecule is COc1cc(C(c2cc3ccccc3[nH]2)c2cc3ccccc3[nH]2)ccc1Oc1nc(Nc2ccccc2)nc(Nc2ccccc2)n1. The predicted molar refractivity (Wildman–Crippen MR) is 190 cm³/mol. The second kappa shape index (κ2) is 12.6. The number of aromatic amines is 2. The molecule has 48 heavy (non-hydrogen) atoms. The van der Waals surface area contributed by atoms with E-state index in [4.69, 9.17) is 9.47 Å². The monoisotopic (exact) mass is 629 g/mol. The quantitative estimate of drug-likeness (QED) is 0.119. The summed E-state index contributed by atoms with van der Waals surface area (Å²) in [6.45, 7) is 0. The number of methoxy groups -OCH3 is 1. The van der Waals surface area contributed by atoms with Gasteiger partial charge in [-0.3, -0.25) is 0 Å². The Hall–Kier alpha value is -6.61. The van der Waals surface area contributed by atoms with Crippen LogP contribution in [0.25, 0.3) is 21.8 Å². The van der Waals surface area contributed by atoms with E-state index in [9.17, 15) is 0 Å². The van der Waals surface area contributed by atoms with Gasteiger partial charge in [-0.1, -0.05) is 78.9 Å². The van der Waals surface area contributed by atoms with Crippen molar-refractivity contribution in [2.45, 2.75) is 5.92 Å². The molecule has 9 heteroatoms. The van der Waals surface area contributed by atoms with Crippen molar-refractivity contribution in [3.05, 3.63) is 156 Å². The highest BCUT2D eigenvalue weighted by Gasteiger charge is 2.23. The van der Waals surface area contributed by atoms with Crippen LogP contribution in [0.1, 0.15) is 22.9 Å². The molecule has 0 saturated carbocycles. The van der Waals surface area contributed by atoms with Crippen LogP contribution in [0.15, 0.2) is 140 Å². The molecule has 0 bridgehead atoms. The summed E-state index contributed by atoms with van der Waals surface area (Å²) in [5.74, 6) is 1.54. The van der Waals surface area contributed by atoms with Crippen LogP contribution in [0, 0.1) is 0 Å². The maximum absolute atomic E-state index is 6.32. The lowest BCUT2D eigenvalue weighted by Gasteiger charge is -2.18. The van der Waals surface area contributed by atoms with Crippen LogP contribution in [0.3, 0.4) is 0 Å². The molecule has 8 rings (SSSR count). The summed E-state index contributed by atoms with van der Waals surface area (Å²) < 4.78 is 12.2. The van der Waals surface area contributed by atoms with Gasteiger partial charge in [0.2, 0.25) is 11.9 Å². The number of H-pyrrole nitrogens is 2. The number of nitrogens with one attached hydrogen (secondary N) is 4. The fourth-order valence-corrected chi connectivity index (χ4v) is 5.89. The van der Waals surface area contributed by atoms with Gasteiger partial charge in [0.15, 0.2) is 11.5 Å². The van der Waals surface area contributed by atoms with E-state index in [0.717, 1.165) is 50.1 Å². The Kier molecular flexibility index (Phi) is 7.60. The van der Waals surface area contributed by atoms with E-state index in [-0.39, 0.29) is 11.9 Å². The summed E-state index contributed by atoms with van der Waals surface area (Å²) in [4.78, 5) is 21.0. The van der Waals surface area contributed by atoms with Crippen molar-refractivity contribution >= 4 is 45.1 Å². The number of hydrogen-bond donors (Lipinski definition) is 4. The largest absolute Gasteiger partial charge is 0.493 e. The number of fused-ring (bicyclic) bond motifs is 2. The number of benzene rings is 5. The molecule has 0 saturated heterocycles. The van der Waals surface area contributed by atoms with Gasteiger partial charge < -0.3 is 30.1 Å². The van der Waals surface area contributed by atoms with Crippen LogP contribution >= 0.6 is 0 Å². The highest BCUT2D eigenvalue weighted by atomic mass is 16.5. The van der Waals surface area contributed by atoms with Crippen molar-refractivity contribution in [2.75, 3.05) is 17.7 Å². The molecular formula is C39H31N7O2. The average Bonchev–Trinajstić information content (AvgIpc) is 3.74. The van der Waals surface area contributed by atoms with Crippen molar-refractivity contribution in [1.29, 1.82) is 0 Å². The van der Waals surface area contributed by atoms with E-state index in [1.54, 1.807) is 7.11 Å². The third kappa shape index (κ3) is 6.00. The van der Waals surface area contributed by atoms with Crippen LogP contribution in [0.5, 0.6) is 17.5 Å². The van der Waals surface area contributed by atoms with Gasteiger partial charge in [-0.15, -0.1) is 0 Å². The third-order valence-corrected chi connectivity index (χ3v) is 8.12. The molecular weight excluding hydrogens is 598 g/mol. The molecule has 0 aliphatic rings. The summed E-state index contributed by atoms with van der Waals surface area (Å²) in [5, 5.41) is 8.79. The van der Waals surface area contributed by atoms with Gasteiger partial charge in [-0.05, 0) is 77.0 Å². The highest BCUT2D eigenvalue weighted by Crippen LogP contribution is 2.39. The fraction of sp³-hybridized carbons (Fsp3) is 0.0513. The fourth-order valence-electron chi connectivity index (χ4n) is 5.89. The lowest BCUT2D eigenvalue weighted by Crippen LogP contribution is -2.07. The number of aromatic nitrogens is 5. The molecule has 234 valence electrons. The van der Waals surface area contributed by atoms with Crippen LogP contribution in [0.4, 0.5) is 23.3 Å². The number of nitrogens with zero attached hydrogens (tertiary/aromatic N) is 3. The molecule has 9 nitrogen and oxygen atoms in total. The predicted octanol–water partition coefficient (Wildman–Crippen LogP) is 9.30. The van der Waals surface area contributed by atoms with E-state index in [2.05, 4.69) is 84.1 Å². The molecule has 0 atom stereocenters. The van der Waals surface area contributed by atoms with Crippen molar-refractivity contribution in [1.82, 2.24) is 24.9 Å². The van der Waals surface area contributed by atoms with Gasteiger partial charge >= 0.3 is 6.01 Å². The van der Waals surface area contributed by atoms with E-state index in [1.165, 1.54) is 0 Å². The minimum Gasteiger partial charge on any atom is -0.493 e. The second-order valence-corrected chi connectivity index (χ2v) is 11.3. The van der Waals surface area contributed by atoms with Crippen molar-refractivity contribution in [2.24, 2.45) is 0 Å². The van der Waals surface area contributed by atoms with Gasteiger partial charge in [0.05, 0.1) is 13.0 Å². The smallest absolute Gasteiger partial charge is 0.328 e. The Bertz CT molecular complexity index is 2130. The minimum absolute atomic E-state index is 0.107. The summed E-state index contributed by atoms with van der Waals surface area (Å²) in [6, 6.07) is 46.5. The molecule has 0 fully saturated rings. The lowest BCUT2D eigenvalue weighted by molar-refractivity contribution is 0.367. The minimum atomic E-state index is -0.131. The molecule has 5 aromatic carbocycles. The Labute approximate surface area is 276 Å². The maximum atomic E-state index is 6.32. The van der Waals surface area contributed by atoms with Crippen LogP contribution in [-0.4, -0.2) is 32.0 Å². The average molecular weight is 630 g/mol. The number of hydrogen-bond acceptors (Lipinski definition) is 7. The number of rotatable bonds is 10. The Balaban J connectivity index is 1.17. The lowest BCUT2D eigenvalue weighted by atomic mass is 9.92. The number of para-hydroxylation sites is 4. The zero-order valence-corrected chi connectivity index (χ0v) is 26.0. The standard InChI is InChI=1S/C39H31N7O2/c1-47-35-24-27(36(32-22-25-12-8-10-18-30(25)42-32)33-23-26-13-9-11-19-31(26)43-33)20-21-34(35)48-39-45-37(40-28-14-4-2-5-15-28)44-38(46-39)41-29-16-6-3-7-17-29/h2-24,36,42-43H,1H3,(H2,40,41,44,45,46). The van der Waals surface area contributed by atoms with E-state index in [0.29, 0.717) is 23.4 Å². The number of anilines is 4. The van der Waals surface area contributed by atoms with Gasteiger partial charge in [0.1, 0.15) is 0 Å². The molecule has 4 N–H and O–H groups in total. The first-order chi connectivity index (χ1) is 23.7. The van der Waals surface area contributed by atoms with E-state index < -0.39 is 0 Å². The first-order valence-corrected chi connectivity index (χ1v) is 15.6. The third-order valence-electron chi connectivity index (χ3n) is 8.12. The molecule has 0 amide bonds. The summed E-state index contributed by atoms with van der Waals surface area (Å²) in [6.07, 6.45) is 0. The van der Waals surface area contributed by atoms with Gasteiger partial charge in [-0.25, -0.2) is 0 Å². The van der Waals surface area contributed by atoms with Crippen LogP contribution in [0.2, 0.25) is 0 Å².